The number of hydrogen-bond acceptors (Lipinski definition) is 1. The maximum absolute atomic E-state index is 2.41. The van der Waals surface area contributed by atoms with Gasteiger partial charge in [0.25, 0.3) is 0 Å². The second kappa shape index (κ2) is 8.16. The van der Waals surface area contributed by atoms with Gasteiger partial charge >= 0.3 is 0 Å². The lowest BCUT2D eigenvalue weighted by molar-refractivity contribution is 0.607. The van der Waals surface area contributed by atoms with Crippen LogP contribution < -0.4 is 0 Å². The molecule has 1 heterocycles. The summed E-state index contributed by atoms with van der Waals surface area (Å²) in [6.07, 6.45) is 9.36. The van der Waals surface area contributed by atoms with E-state index >= 15 is 0 Å². The molecule has 29 heavy (non-hydrogen) atoms. The summed E-state index contributed by atoms with van der Waals surface area (Å²) < 4.78 is 1.40. The molecule has 1 aromatic heterocycles. The lowest BCUT2D eigenvalue weighted by atomic mass is 9.96. The molecule has 0 aliphatic rings. The van der Waals surface area contributed by atoms with E-state index in [1.54, 1.807) is 0 Å². The highest BCUT2D eigenvalue weighted by Crippen LogP contribution is 2.35. The van der Waals surface area contributed by atoms with Crippen molar-refractivity contribution in [3.8, 4) is 0 Å². The Morgan fingerprint density at radius 3 is 2.31 bits per heavy atom. The summed E-state index contributed by atoms with van der Waals surface area (Å²) in [6, 6.07) is 23.2. The van der Waals surface area contributed by atoms with Crippen molar-refractivity contribution in [3.63, 3.8) is 0 Å². The number of benzene rings is 4. The zero-order chi connectivity index (χ0) is 19.6. The summed E-state index contributed by atoms with van der Waals surface area (Å²) >= 11 is 1.84. The average Bonchev–Trinajstić information content (AvgIpc) is 3.23. The highest BCUT2D eigenvalue weighted by molar-refractivity contribution is 7.18. The Hall–Kier alpha value is -2.38. The molecule has 0 saturated heterocycles. The van der Waals surface area contributed by atoms with Crippen LogP contribution in [0.5, 0.6) is 0 Å². The van der Waals surface area contributed by atoms with Crippen LogP contribution in [0.25, 0.3) is 42.4 Å². The minimum absolute atomic E-state index is 1.20. The number of rotatable bonds is 7. The van der Waals surface area contributed by atoms with E-state index in [9.17, 15) is 0 Å². The summed E-state index contributed by atoms with van der Waals surface area (Å²) in [5, 5.41) is 11.7. The third-order valence-electron chi connectivity index (χ3n) is 6.27. The second-order valence-corrected chi connectivity index (χ2v) is 9.25. The van der Waals surface area contributed by atoms with Crippen LogP contribution in [0.1, 0.15) is 51.0 Å². The number of unbranched alkanes of at least 4 members (excludes halogenated alkanes) is 5. The predicted molar refractivity (Wildman–Crippen MR) is 131 cm³/mol. The lowest BCUT2D eigenvalue weighted by Gasteiger charge is -2.09. The molecule has 0 N–H and O–H groups in total. The molecule has 0 nitrogen and oxygen atoms in total. The van der Waals surface area contributed by atoms with E-state index < -0.39 is 0 Å². The van der Waals surface area contributed by atoms with Gasteiger partial charge in [0.1, 0.15) is 0 Å². The third kappa shape index (κ3) is 3.65. The van der Waals surface area contributed by atoms with Gasteiger partial charge < -0.3 is 0 Å². The Kier molecular flexibility index (Phi) is 5.24. The van der Waals surface area contributed by atoms with Gasteiger partial charge in [-0.1, -0.05) is 81.5 Å². The van der Waals surface area contributed by atoms with E-state index in [0.717, 1.165) is 0 Å². The number of aryl methyl sites for hydroxylation is 1. The fraction of sp³-hybridized carbons (Fsp3) is 0.286. The van der Waals surface area contributed by atoms with Crippen molar-refractivity contribution in [2.24, 2.45) is 0 Å². The van der Waals surface area contributed by atoms with Gasteiger partial charge in [0.2, 0.25) is 0 Å². The summed E-state index contributed by atoms with van der Waals surface area (Å²) in [6.45, 7) is 2.28. The van der Waals surface area contributed by atoms with Crippen molar-refractivity contribution in [1.29, 1.82) is 0 Å². The van der Waals surface area contributed by atoms with Crippen LogP contribution in [-0.2, 0) is 6.42 Å². The number of fused-ring (bicyclic) bond motifs is 6. The van der Waals surface area contributed by atoms with Crippen molar-refractivity contribution >= 4 is 53.7 Å². The molecule has 0 bridgehead atoms. The molecule has 0 spiro atoms. The van der Waals surface area contributed by atoms with E-state index in [2.05, 4.69) is 73.0 Å². The van der Waals surface area contributed by atoms with Gasteiger partial charge in [0, 0.05) is 10.1 Å². The average molecular weight is 397 g/mol. The smallest absolute Gasteiger partial charge is 0.0421 e. The summed E-state index contributed by atoms with van der Waals surface area (Å²) in [5.41, 5.74) is 1.48. The normalized spacial score (nSPS) is 11.9. The molecule has 4 aromatic carbocycles. The summed E-state index contributed by atoms with van der Waals surface area (Å²) in [5.74, 6) is 0. The van der Waals surface area contributed by atoms with Crippen molar-refractivity contribution in [1.82, 2.24) is 0 Å². The monoisotopic (exact) mass is 396 g/mol. The van der Waals surface area contributed by atoms with Crippen molar-refractivity contribution < 1.29 is 0 Å². The minimum atomic E-state index is 1.20. The van der Waals surface area contributed by atoms with Gasteiger partial charge in [-0.3, -0.25) is 0 Å². The van der Waals surface area contributed by atoms with Crippen LogP contribution in [-0.4, -0.2) is 0 Å². The molecule has 0 atom stereocenters. The van der Waals surface area contributed by atoms with Crippen molar-refractivity contribution in [2.45, 2.75) is 51.9 Å². The molecular formula is C28H28S. The first kappa shape index (κ1) is 18.6. The van der Waals surface area contributed by atoms with Crippen LogP contribution in [0.3, 0.4) is 0 Å². The first-order valence-electron chi connectivity index (χ1n) is 11.1. The number of hydrogen-bond donors (Lipinski definition) is 0. The van der Waals surface area contributed by atoms with Crippen LogP contribution in [0.4, 0.5) is 0 Å². The van der Waals surface area contributed by atoms with E-state index in [0.29, 0.717) is 0 Å². The molecule has 0 fully saturated rings. The SMILES string of the molecule is CCCCCCCCc1ccc2cc3c(ccc4c3ccc3ccsc34)cc2c1. The fourth-order valence-electron chi connectivity index (χ4n) is 4.63. The van der Waals surface area contributed by atoms with E-state index in [1.165, 1.54) is 92.9 Å². The molecule has 5 rings (SSSR count). The maximum Gasteiger partial charge on any atom is 0.0421 e. The van der Waals surface area contributed by atoms with Crippen LogP contribution in [0.15, 0.2) is 66.0 Å². The predicted octanol–water partition coefficient (Wildman–Crippen LogP) is 9.26. The standard InChI is InChI=1S/C28H28S/c1-2-3-4-5-6-7-8-20-9-10-22-19-27-23(18-24(22)17-20)12-14-26-25(27)13-11-21-15-16-29-28(21)26/h9-19H,2-8H2,1H3. The Balaban J connectivity index is 1.47. The fourth-order valence-corrected chi connectivity index (χ4v) is 5.56. The van der Waals surface area contributed by atoms with E-state index in [1.807, 2.05) is 11.3 Å². The molecule has 1 heteroatoms. The zero-order valence-electron chi connectivity index (χ0n) is 17.2. The largest absolute Gasteiger partial charge is 0.143 e. The molecular weight excluding hydrogens is 368 g/mol. The Labute approximate surface area is 177 Å². The topological polar surface area (TPSA) is 0 Å². The quantitative estimate of drug-likeness (QED) is 0.146. The van der Waals surface area contributed by atoms with Gasteiger partial charge in [-0.2, -0.15) is 0 Å². The maximum atomic E-state index is 2.41. The van der Waals surface area contributed by atoms with Gasteiger partial charge in [-0.15, -0.1) is 11.3 Å². The van der Waals surface area contributed by atoms with Gasteiger partial charge in [0.05, 0.1) is 0 Å². The molecule has 0 amide bonds. The Morgan fingerprint density at radius 2 is 1.38 bits per heavy atom. The van der Waals surface area contributed by atoms with E-state index in [4.69, 9.17) is 0 Å². The molecule has 5 aromatic rings. The summed E-state index contributed by atoms with van der Waals surface area (Å²) in [7, 11) is 0. The van der Waals surface area contributed by atoms with Crippen LogP contribution >= 0.6 is 11.3 Å². The van der Waals surface area contributed by atoms with Gasteiger partial charge in [-0.05, 0) is 74.3 Å². The van der Waals surface area contributed by atoms with Crippen molar-refractivity contribution in [2.75, 3.05) is 0 Å². The molecule has 0 saturated carbocycles. The molecule has 0 unspecified atom stereocenters. The first-order valence-corrected chi connectivity index (χ1v) is 12.0. The second-order valence-electron chi connectivity index (χ2n) is 8.34. The first-order chi connectivity index (χ1) is 14.3. The van der Waals surface area contributed by atoms with E-state index in [-0.39, 0.29) is 0 Å². The highest BCUT2D eigenvalue weighted by Gasteiger charge is 2.07. The van der Waals surface area contributed by atoms with Crippen LogP contribution in [0, 0.1) is 0 Å². The highest BCUT2D eigenvalue weighted by atomic mass is 32.1. The van der Waals surface area contributed by atoms with Crippen molar-refractivity contribution in [3.05, 3.63) is 71.6 Å². The Bertz CT molecular complexity index is 1290. The lowest BCUT2D eigenvalue weighted by Crippen LogP contribution is -1.87. The number of thiophene rings is 1. The molecule has 0 aliphatic carbocycles. The molecule has 146 valence electrons. The zero-order valence-corrected chi connectivity index (χ0v) is 18.0. The van der Waals surface area contributed by atoms with Crippen LogP contribution in [0.2, 0.25) is 0 Å². The third-order valence-corrected chi connectivity index (χ3v) is 7.24. The van der Waals surface area contributed by atoms with Gasteiger partial charge in [0.15, 0.2) is 0 Å². The molecule has 0 aliphatic heterocycles. The minimum Gasteiger partial charge on any atom is -0.143 e. The Morgan fingerprint density at radius 1 is 0.586 bits per heavy atom. The molecule has 0 radical (unpaired) electrons. The summed E-state index contributed by atoms with van der Waals surface area (Å²) in [4.78, 5) is 0. The van der Waals surface area contributed by atoms with Gasteiger partial charge in [-0.25, -0.2) is 0 Å².